The number of carbonyl (C=O) groups excluding carboxylic acids is 1. The van der Waals surface area contributed by atoms with Gasteiger partial charge in [-0.3, -0.25) is 9.69 Å². The first kappa shape index (κ1) is 25.0. The van der Waals surface area contributed by atoms with Gasteiger partial charge in [-0.1, -0.05) is 17.3 Å². The Morgan fingerprint density at radius 2 is 1.73 bits per heavy atom. The summed E-state index contributed by atoms with van der Waals surface area (Å²) in [6.45, 7) is 4.65. The molecule has 5 rings (SSSR count). The summed E-state index contributed by atoms with van der Waals surface area (Å²) in [5, 5.41) is 4.12. The molecule has 37 heavy (non-hydrogen) atoms. The van der Waals surface area contributed by atoms with Gasteiger partial charge in [-0.25, -0.2) is 4.39 Å². The predicted molar refractivity (Wildman–Crippen MR) is 136 cm³/mol. The van der Waals surface area contributed by atoms with E-state index in [2.05, 4.69) is 15.0 Å². The minimum absolute atomic E-state index is 0.0151. The number of anilines is 1. The number of piperidine rings is 1. The number of likely N-dealkylation sites (tertiary alicyclic amines) is 1. The number of benzene rings is 2. The van der Waals surface area contributed by atoms with E-state index in [1.807, 2.05) is 34.1 Å². The molecule has 3 aromatic rings. The van der Waals surface area contributed by atoms with Gasteiger partial charge in [0.15, 0.2) is 11.5 Å². The molecule has 0 radical (unpaired) electrons. The Hall–Kier alpha value is -3.66. The van der Waals surface area contributed by atoms with E-state index in [1.165, 1.54) is 6.07 Å². The van der Waals surface area contributed by atoms with Crippen LogP contribution >= 0.6 is 0 Å². The minimum Gasteiger partial charge on any atom is -0.493 e. The van der Waals surface area contributed by atoms with Crippen LogP contribution in [0.4, 0.5) is 10.1 Å². The molecule has 2 aromatic carbocycles. The van der Waals surface area contributed by atoms with Gasteiger partial charge in [0.25, 0.3) is 0 Å². The van der Waals surface area contributed by atoms with Crippen molar-refractivity contribution in [3.05, 3.63) is 54.2 Å². The Bertz CT molecular complexity index is 1220. The number of hydrogen-bond donors (Lipinski definition) is 0. The van der Waals surface area contributed by atoms with Crippen molar-refractivity contribution in [1.29, 1.82) is 0 Å². The van der Waals surface area contributed by atoms with Crippen LogP contribution in [0, 0.1) is 11.7 Å². The first-order chi connectivity index (χ1) is 18.1. The van der Waals surface area contributed by atoms with Crippen molar-refractivity contribution >= 4 is 11.6 Å². The molecule has 9 nitrogen and oxygen atoms in total. The fourth-order valence-electron chi connectivity index (χ4n) is 5.08. The van der Waals surface area contributed by atoms with E-state index < -0.39 is 0 Å². The summed E-state index contributed by atoms with van der Waals surface area (Å²) in [4.78, 5) is 23.9. The largest absolute Gasteiger partial charge is 0.493 e. The van der Waals surface area contributed by atoms with Gasteiger partial charge in [-0.15, -0.1) is 0 Å². The maximum absolute atomic E-state index is 14.1. The summed E-state index contributed by atoms with van der Waals surface area (Å²) in [6.07, 6.45) is 1.59. The molecule has 3 heterocycles. The van der Waals surface area contributed by atoms with E-state index in [9.17, 15) is 9.18 Å². The molecule has 0 atom stereocenters. The standard InChI is InChI=1S/C27H32FN5O4/c1-35-23-8-7-20(17-24(23)36-2)26-29-25(37-30-26)18-31-11-9-19(10-12-31)27(34)33-15-13-32(14-16-33)22-6-4-3-5-21(22)28/h3-8,17,19H,9-16,18H2,1-2H3. The average Bonchev–Trinajstić information content (AvgIpc) is 3.41. The molecule has 1 amide bonds. The summed E-state index contributed by atoms with van der Waals surface area (Å²) >= 11 is 0. The molecule has 1 aromatic heterocycles. The van der Waals surface area contributed by atoms with Crippen LogP contribution in [0.5, 0.6) is 11.5 Å². The summed E-state index contributed by atoms with van der Waals surface area (Å²) < 4.78 is 30.3. The monoisotopic (exact) mass is 509 g/mol. The Morgan fingerprint density at radius 3 is 2.43 bits per heavy atom. The molecule has 0 aliphatic carbocycles. The average molecular weight is 510 g/mol. The maximum Gasteiger partial charge on any atom is 0.241 e. The van der Waals surface area contributed by atoms with Crippen LogP contribution in [0.15, 0.2) is 47.0 Å². The highest BCUT2D eigenvalue weighted by molar-refractivity contribution is 5.79. The number of ether oxygens (including phenoxy) is 2. The topological polar surface area (TPSA) is 84.2 Å². The number of amides is 1. The molecule has 0 saturated carbocycles. The van der Waals surface area contributed by atoms with Crippen molar-refractivity contribution in [3.8, 4) is 22.9 Å². The fraction of sp³-hybridized carbons (Fsp3) is 0.444. The zero-order valence-electron chi connectivity index (χ0n) is 21.2. The molecule has 10 heteroatoms. The number of piperazine rings is 1. The van der Waals surface area contributed by atoms with Crippen molar-refractivity contribution in [1.82, 2.24) is 19.9 Å². The normalized spacial score (nSPS) is 17.2. The number of para-hydroxylation sites is 1. The summed E-state index contributed by atoms with van der Waals surface area (Å²) in [6, 6.07) is 12.3. The molecule has 0 bridgehead atoms. The van der Waals surface area contributed by atoms with E-state index in [1.54, 1.807) is 26.4 Å². The zero-order valence-corrected chi connectivity index (χ0v) is 21.2. The first-order valence-corrected chi connectivity index (χ1v) is 12.6. The van der Waals surface area contributed by atoms with Crippen LogP contribution in [0.3, 0.4) is 0 Å². The zero-order chi connectivity index (χ0) is 25.8. The van der Waals surface area contributed by atoms with Crippen LogP contribution in [0.1, 0.15) is 18.7 Å². The lowest BCUT2D eigenvalue weighted by atomic mass is 9.95. The van der Waals surface area contributed by atoms with E-state index in [-0.39, 0.29) is 17.6 Å². The van der Waals surface area contributed by atoms with Crippen LogP contribution in [0.25, 0.3) is 11.4 Å². The Kier molecular flexibility index (Phi) is 7.55. The van der Waals surface area contributed by atoms with Crippen LogP contribution in [-0.4, -0.2) is 79.3 Å². The molecule has 0 unspecified atom stereocenters. The lowest BCUT2D eigenvalue weighted by molar-refractivity contribution is -0.137. The van der Waals surface area contributed by atoms with E-state index in [0.717, 1.165) is 31.5 Å². The van der Waals surface area contributed by atoms with Gasteiger partial charge in [-0.2, -0.15) is 4.98 Å². The third kappa shape index (κ3) is 5.53. The number of hydrogen-bond acceptors (Lipinski definition) is 8. The molecule has 2 saturated heterocycles. The second kappa shape index (κ2) is 11.2. The second-order valence-electron chi connectivity index (χ2n) is 9.40. The molecular formula is C27H32FN5O4. The Balaban J connectivity index is 1.11. The number of carbonyl (C=O) groups is 1. The number of halogens is 1. The predicted octanol–water partition coefficient (Wildman–Crippen LogP) is 3.45. The van der Waals surface area contributed by atoms with Gasteiger partial charge in [0.05, 0.1) is 26.5 Å². The van der Waals surface area contributed by atoms with Gasteiger partial charge in [0.1, 0.15) is 5.82 Å². The number of nitrogens with zero attached hydrogens (tertiary/aromatic N) is 5. The third-order valence-electron chi connectivity index (χ3n) is 7.19. The van der Waals surface area contributed by atoms with Gasteiger partial charge in [0.2, 0.25) is 17.6 Å². The van der Waals surface area contributed by atoms with Gasteiger partial charge in [0, 0.05) is 37.7 Å². The van der Waals surface area contributed by atoms with E-state index >= 15 is 0 Å². The van der Waals surface area contributed by atoms with Crippen molar-refractivity contribution in [2.24, 2.45) is 5.92 Å². The van der Waals surface area contributed by atoms with Gasteiger partial charge < -0.3 is 23.8 Å². The van der Waals surface area contributed by atoms with Crippen molar-refractivity contribution in [3.63, 3.8) is 0 Å². The van der Waals surface area contributed by atoms with Gasteiger partial charge in [-0.05, 0) is 56.3 Å². The lowest BCUT2D eigenvalue weighted by Gasteiger charge is -2.39. The molecule has 0 spiro atoms. The highest BCUT2D eigenvalue weighted by atomic mass is 19.1. The summed E-state index contributed by atoms with van der Waals surface area (Å²) in [7, 11) is 3.18. The van der Waals surface area contributed by atoms with Crippen molar-refractivity contribution < 1.29 is 23.2 Å². The number of aromatic nitrogens is 2. The minimum atomic E-state index is -0.216. The smallest absolute Gasteiger partial charge is 0.241 e. The van der Waals surface area contributed by atoms with Crippen molar-refractivity contribution in [2.75, 3.05) is 58.4 Å². The fourth-order valence-corrected chi connectivity index (χ4v) is 5.08. The molecule has 2 fully saturated rings. The van der Waals surface area contributed by atoms with Gasteiger partial charge >= 0.3 is 0 Å². The Labute approximate surface area is 215 Å². The number of methoxy groups -OCH3 is 2. The summed E-state index contributed by atoms with van der Waals surface area (Å²) in [5.41, 5.74) is 1.39. The lowest BCUT2D eigenvalue weighted by Crippen LogP contribution is -2.51. The second-order valence-corrected chi connectivity index (χ2v) is 9.40. The highest BCUT2D eigenvalue weighted by Crippen LogP contribution is 2.31. The Morgan fingerprint density at radius 1 is 1.00 bits per heavy atom. The first-order valence-electron chi connectivity index (χ1n) is 12.6. The van der Waals surface area contributed by atoms with E-state index in [4.69, 9.17) is 14.0 Å². The van der Waals surface area contributed by atoms with Crippen molar-refractivity contribution in [2.45, 2.75) is 19.4 Å². The van der Waals surface area contributed by atoms with Crippen LogP contribution < -0.4 is 14.4 Å². The highest BCUT2D eigenvalue weighted by Gasteiger charge is 2.31. The van der Waals surface area contributed by atoms with Crippen LogP contribution in [-0.2, 0) is 11.3 Å². The SMILES string of the molecule is COc1ccc(-c2noc(CN3CCC(C(=O)N4CCN(c5ccccc5F)CC4)CC3)n2)cc1OC. The summed E-state index contributed by atoms with van der Waals surface area (Å²) in [5.74, 6) is 2.29. The number of rotatable bonds is 7. The maximum atomic E-state index is 14.1. The van der Waals surface area contributed by atoms with E-state index in [0.29, 0.717) is 61.6 Å². The van der Waals surface area contributed by atoms with Crippen LogP contribution in [0.2, 0.25) is 0 Å². The molecule has 2 aliphatic heterocycles. The third-order valence-corrected chi connectivity index (χ3v) is 7.19. The molecular weight excluding hydrogens is 477 g/mol. The molecule has 0 N–H and O–H groups in total. The molecule has 196 valence electrons. The molecule has 2 aliphatic rings. The quantitative estimate of drug-likeness (QED) is 0.479.